The Morgan fingerprint density at radius 3 is 2.68 bits per heavy atom. The minimum Gasteiger partial charge on any atom is -0.493 e. The Kier molecular flexibility index (Phi) is 7.01. The van der Waals surface area contributed by atoms with Gasteiger partial charge in [0, 0.05) is 12.1 Å². The Bertz CT molecular complexity index is 1130. The SMILES string of the molecule is CCNC(=O)COc1ccc(/C=C(\C#N)c2nc(-c3ccc(C)cc3)no2)cc1OC. The second-order valence-corrected chi connectivity index (χ2v) is 6.61. The van der Waals surface area contributed by atoms with Crippen molar-refractivity contribution in [2.45, 2.75) is 13.8 Å². The molecule has 1 amide bonds. The zero-order valence-electron chi connectivity index (χ0n) is 17.5. The monoisotopic (exact) mass is 418 g/mol. The average molecular weight is 418 g/mol. The third-order valence-electron chi connectivity index (χ3n) is 4.32. The molecule has 158 valence electrons. The standard InChI is InChI=1S/C23H22N4O4/c1-4-25-21(28)14-30-19-10-7-16(12-20(19)29-3)11-18(13-24)23-26-22(27-31-23)17-8-5-15(2)6-9-17/h5-12H,4,14H2,1-3H3,(H,25,28)/b18-11+. The van der Waals surface area contributed by atoms with Crippen LogP contribution in [0.1, 0.15) is 23.9 Å². The van der Waals surface area contributed by atoms with E-state index < -0.39 is 0 Å². The molecule has 0 saturated carbocycles. The summed E-state index contributed by atoms with van der Waals surface area (Å²) in [5.74, 6) is 1.16. The third kappa shape index (κ3) is 5.48. The van der Waals surface area contributed by atoms with Crippen LogP contribution in [0, 0.1) is 18.3 Å². The predicted octanol–water partition coefficient (Wildman–Crippen LogP) is 3.63. The lowest BCUT2D eigenvalue weighted by molar-refractivity contribution is -0.123. The quantitative estimate of drug-likeness (QED) is 0.556. The first kappa shape index (κ1) is 21.6. The van der Waals surface area contributed by atoms with Gasteiger partial charge in [0.1, 0.15) is 11.6 Å². The number of benzene rings is 2. The van der Waals surface area contributed by atoms with E-state index in [-0.39, 0.29) is 24.0 Å². The Labute approximate surface area is 180 Å². The van der Waals surface area contributed by atoms with E-state index >= 15 is 0 Å². The fraction of sp³-hybridized carbons (Fsp3) is 0.217. The maximum absolute atomic E-state index is 11.6. The summed E-state index contributed by atoms with van der Waals surface area (Å²) in [7, 11) is 1.50. The molecule has 31 heavy (non-hydrogen) atoms. The molecule has 2 aromatic carbocycles. The number of methoxy groups -OCH3 is 1. The molecule has 1 heterocycles. The van der Waals surface area contributed by atoms with Gasteiger partial charge in [-0.15, -0.1) is 0 Å². The van der Waals surface area contributed by atoms with E-state index in [1.165, 1.54) is 7.11 Å². The molecular formula is C23H22N4O4. The van der Waals surface area contributed by atoms with Gasteiger partial charge in [-0.25, -0.2) is 0 Å². The highest BCUT2D eigenvalue weighted by molar-refractivity contribution is 5.87. The van der Waals surface area contributed by atoms with Gasteiger partial charge >= 0.3 is 0 Å². The molecule has 1 aromatic heterocycles. The largest absolute Gasteiger partial charge is 0.493 e. The van der Waals surface area contributed by atoms with E-state index in [1.807, 2.05) is 38.1 Å². The zero-order chi connectivity index (χ0) is 22.2. The van der Waals surface area contributed by atoms with E-state index in [2.05, 4.69) is 21.5 Å². The van der Waals surface area contributed by atoms with Crippen molar-refractivity contribution in [3.63, 3.8) is 0 Å². The second kappa shape index (κ2) is 10.1. The minimum atomic E-state index is -0.221. The fourth-order valence-corrected chi connectivity index (χ4v) is 2.75. The summed E-state index contributed by atoms with van der Waals surface area (Å²) in [5.41, 5.74) is 2.81. The van der Waals surface area contributed by atoms with Crippen molar-refractivity contribution in [1.82, 2.24) is 15.5 Å². The number of ether oxygens (including phenoxy) is 2. The lowest BCUT2D eigenvalue weighted by atomic mass is 10.1. The van der Waals surface area contributed by atoms with Gasteiger partial charge in [-0.3, -0.25) is 4.79 Å². The molecule has 0 radical (unpaired) electrons. The van der Waals surface area contributed by atoms with Crippen molar-refractivity contribution in [3.8, 4) is 29.0 Å². The number of carbonyl (C=O) groups excluding carboxylic acids is 1. The third-order valence-corrected chi connectivity index (χ3v) is 4.32. The Balaban J connectivity index is 1.81. The molecule has 0 aliphatic heterocycles. The number of amides is 1. The number of nitrogens with one attached hydrogen (secondary N) is 1. The highest BCUT2D eigenvalue weighted by Gasteiger charge is 2.14. The number of rotatable bonds is 8. The number of allylic oxidation sites excluding steroid dienone is 1. The summed E-state index contributed by atoms with van der Waals surface area (Å²) >= 11 is 0. The van der Waals surface area contributed by atoms with Crippen molar-refractivity contribution in [3.05, 3.63) is 59.5 Å². The summed E-state index contributed by atoms with van der Waals surface area (Å²) in [5, 5.41) is 16.2. The molecule has 1 N–H and O–H groups in total. The van der Waals surface area contributed by atoms with Gasteiger partial charge in [-0.2, -0.15) is 10.2 Å². The highest BCUT2D eigenvalue weighted by Crippen LogP contribution is 2.30. The molecule has 0 saturated heterocycles. The smallest absolute Gasteiger partial charge is 0.268 e. The van der Waals surface area contributed by atoms with Crippen molar-refractivity contribution in [2.24, 2.45) is 0 Å². The van der Waals surface area contributed by atoms with Crippen LogP contribution < -0.4 is 14.8 Å². The lowest BCUT2D eigenvalue weighted by Crippen LogP contribution is -2.28. The number of hydrogen-bond donors (Lipinski definition) is 1. The molecular weight excluding hydrogens is 396 g/mol. The first-order valence-corrected chi connectivity index (χ1v) is 9.64. The van der Waals surface area contributed by atoms with Gasteiger partial charge in [0.15, 0.2) is 18.1 Å². The Morgan fingerprint density at radius 1 is 1.23 bits per heavy atom. The number of nitriles is 1. The number of aryl methyl sites for hydroxylation is 1. The van der Waals surface area contributed by atoms with Crippen LogP contribution in [0.2, 0.25) is 0 Å². The molecule has 3 rings (SSSR count). The van der Waals surface area contributed by atoms with Crippen LogP contribution in [0.15, 0.2) is 47.0 Å². The molecule has 0 bridgehead atoms. The number of aromatic nitrogens is 2. The summed E-state index contributed by atoms with van der Waals surface area (Å²) in [6.07, 6.45) is 1.61. The van der Waals surface area contributed by atoms with Gasteiger partial charge < -0.3 is 19.3 Å². The average Bonchev–Trinajstić information content (AvgIpc) is 3.27. The predicted molar refractivity (Wildman–Crippen MR) is 115 cm³/mol. The number of carbonyl (C=O) groups is 1. The normalized spacial score (nSPS) is 11.0. The fourth-order valence-electron chi connectivity index (χ4n) is 2.75. The van der Waals surface area contributed by atoms with Crippen molar-refractivity contribution in [1.29, 1.82) is 5.26 Å². The molecule has 3 aromatic rings. The van der Waals surface area contributed by atoms with Crippen LogP contribution in [-0.4, -0.2) is 36.3 Å². The summed E-state index contributed by atoms with van der Waals surface area (Å²) in [6, 6.07) is 14.9. The van der Waals surface area contributed by atoms with Crippen LogP contribution >= 0.6 is 0 Å². The summed E-state index contributed by atoms with van der Waals surface area (Å²) < 4.78 is 16.2. The first-order chi connectivity index (χ1) is 15.0. The van der Waals surface area contributed by atoms with Gasteiger partial charge in [-0.05, 0) is 37.6 Å². The van der Waals surface area contributed by atoms with Crippen LogP contribution in [0.3, 0.4) is 0 Å². The molecule has 0 spiro atoms. The Hall–Kier alpha value is -4.12. The van der Waals surface area contributed by atoms with Crippen molar-refractivity contribution < 1.29 is 18.8 Å². The zero-order valence-corrected chi connectivity index (χ0v) is 17.5. The number of hydrogen-bond acceptors (Lipinski definition) is 7. The molecule has 0 aliphatic carbocycles. The maximum Gasteiger partial charge on any atom is 0.268 e. The number of likely N-dealkylation sites (N-methyl/N-ethyl adjacent to an activating group) is 1. The second-order valence-electron chi connectivity index (χ2n) is 6.61. The van der Waals surface area contributed by atoms with Crippen LogP contribution in [0.5, 0.6) is 11.5 Å². The Morgan fingerprint density at radius 2 is 2.00 bits per heavy atom. The van der Waals surface area contributed by atoms with Gasteiger partial charge in [0.05, 0.1) is 7.11 Å². The minimum absolute atomic E-state index is 0.118. The summed E-state index contributed by atoms with van der Waals surface area (Å²) in [6.45, 7) is 4.24. The van der Waals surface area contributed by atoms with E-state index in [4.69, 9.17) is 14.0 Å². The van der Waals surface area contributed by atoms with Crippen LogP contribution in [-0.2, 0) is 4.79 Å². The molecule has 0 unspecified atom stereocenters. The van der Waals surface area contributed by atoms with Crippen LogP contribution in [0.4, 0.5) is 0 Å². The highest BCUT2D eigenvalue weighted by atomic mass is 16.5. The molecule has 0 atom stereocenters. The van der Waals surface area contributed by atoms with E-state index in [0.29, 0.717) is 29.4 Å². The van der Waals surface area contributed by atoms with Crippen LogP contribution in [0.25, 0.3) is 23.0 Å². The number of nitrogens with zero attached hydrogens (tertiary/aromatic N) is 3. The summed E-state index contributed by atoms with van der Waals surface area (Å²) in [4.78, 5) is 15.9. The van der Waals surface area contributed by atoms with Crippen molar-refractivity contribution in [2.75, 3.05) is 20.3 Å². The molecule has 0 aliphatic rings. The maximum atomic E-state index is 11.6. The van der Waals surface area contributed by atoms with Crippen molar-refractivity contribution >= 4 is 17.6 Å². The van der Waals surface area contributed by atoms with Gasteiger partial charge in [0.25, 0.3) is 11.8 Å². The lowest BCUT2D eigenvalue weighted by Gasteiger charge is -2.11. The van der Waals surface area contributed by atoms with E-state index in [1.54, 1.807) is 24.3 Å². The van der Waals surface area contributed by atoms with Gasteiger partial charge in [-0.1, -0.05) is 41.1 Å². The topological polar surface area (TPSA) is 110 Å². The van der Waals surface area contributed by atoms with E-state index in [0.717, 1.165) is 11.1 Å². The molecule has 0 fully saturated rings. The van der Waals surface area contributed by atoms with Gasteiger partial charge in [0.2, 0.25) is 5.82 Å². The molecule has 8 nitrogen and oxygen atoms in total. The molecule has 8 heteroatoms. The first-order valence-electron chi connectivity index (χ1n) is 9.64. The van der Waals surface area contributed by atoms with E-state index in [9.17, 15) is 10.1 Å².